The Bertz CT molecular complexity index is 609. The van der Waals surface area contributed by atoms with Crippen molar-refractivity contribution in [2.45, 2.75) is 53.4 Å². The molecule has 0 saturated heterocycles. The number of benzene rings is 2. The predicted molar refractivity (Wildman–Crippen MR) is 103 cm³/mol. The van der Waals surface area contributed by atoms with Gasteiger partial charge in [0.25, 0.3) is 0 Å². The maximum atomic E-state index is 2.53. The molecule has 2 rings (SSSR count). The lowest BCUT2D eigenvalue weighted by Gasteiger charge is -2.26. The first kappa shape index (κ1) is 17.6. The highest BCUT2D eigenvalue weighted by Crippen LogP contribution is 2.24. The van der Waals surface area contributed by atoms with Crippen LogP contribution < -0.4 is 4.90 Å². The van der Waals surface area contributed by atoms with Crippen molar-refractivity contribution in [3.05, 3.63) is 64.7 Å². The van der Waals surface area contributed by atoms with E-state index in [4.69, 9.17) is 0 Å². The summed E-state index contributed by atoms with van der Waals surface area (Å²) in [6, 6.07) is 15.8. The van der Waals surface area contributed by atoms with E-state index in [2.05, 4.69) is 75.1 Å². The Balaban J connectivity index is 2.21. The van der Waals surface area contributed by atoms with Crippen LogP contribution in [0.15, 0.2) is 42.5 Å². The molecule has 0 spiro atoms. The van der Waals surface area contributed by atoms with Crippen molar-refractivity contribution >= 4 is 5.69 Å². The molecule has 1 heteroatoms. The SMILES string of the molecule is CCCN(CCC)c1ccc(Cc2ccccc2CC)cc1C. The largest absolute Gasteiger partial charge is 0.371 e. The third-order valence-electron chi connectivity index (χ3n) is 4.48. The van der Waals surface area contributed by atoms with Gasteiger partial charge in [0.1, 0.15) is 0 Å². The highest BCUT2D eigenvalue weighted by atomic mass is 15.1. The summed E-state index contributed by atoms with van der Waals surface area (Å²) in [7, 11) is 0. The maximum absolute atomic E-state index is 2.53. The van der Waals surface area contributed by atoms with Gasteiger partial charge in [-0.2, -0.15) is 0 Å². The van der Waals surface area contributed by atoms with Crippen LogP contribution in [0.4, 0.5) is 5.69 Å². The molecule has 0 saturated carbocycles. The van der Waals surface area contributed by atoms with Crippen LogP contribution in [0.1, 0.15) is 55.9 Å². The minimum Gasteiger partial charge on any atom is -0.371 e. The van der Waals surface area contributed by atoms with Gasteiger partial charge in [-0.1, -0.05) is 57.2 Å². The molecule has 2 aromatic carbocycles. The van der Waals surface area contributed by atoms with Gasteiger partial charge in [0.05, 0.1) is 0 Å². The van der Waals surface area contributed by atoms with E-state index in [1.165, 1.54) is 40.8 Å². The van der Waals surface area contributed by atoms with Crippen LogP contribution in [0.3, 0.4) is 0 Å². The lowest BCUT2D eigenvalue weighted by atomic mass is 9.97. The van der Waals surface area contributed by atoms with Gasteiger partial charge in [0.15, 0.2) is 0 Å². The molecular formula is C22H31N. The molecule has 0 atom stereocenters. The number of hydrogen-bond acceptors (Lipinski definition) is 1. The van der Waals surface area contributed by atoms with Gasteiger partial charge in [0.2, 0.25) is 0 Å². The van der Waals surface area contributed by atoms with E-state index in [0.717, 1.165) is 25.9 Å². The molecule has 0 aliphatic heterocycles. The zero-order chi connectivity index (χ0) is 16.7. The van der Waals surface area contributed by atoms with Gasteiger partial charge in [-0.3, -0.25) is 0 Å². The Hall–Kier alpha value is -1.76. The quantitative estimate of drug-likeness (QED) is 0.598. The summed E-state index contributed by atoms with van der Waals surface area (Å²) < 4.78 is 0. The average Bonchev–Trinajstić information content (AvgIpc) is 2.55. The fourth-order valence-electron chi connectivity index (χ4n) is 3.37. The highest BCUT2D eigenvalue weighted by molar-refractivity contribution is 5.55. The minimum atomic E-state index is 1.03. The Morgan fingerprint density at radius 3 is 2.04 bits per heavy atom. The lowest BCUT2D eigenvalue weighted by molar-refractivity contribution is 0.742. The topological polar surface area (TPSA) is 3.24 Å². The molecule has 0 N–H and O–H groups in total. The van der Waals surface area contributed by atoms with Crippen LogP contribution in [0, 0.1) is 6.92 Å². The minimum absolute atomic E-state index is 1.03. The van der Waals surface area contributed by atoms with Crippen molar-refractivity contribution in [1.29, 1.82) is 0 Å². The van der Waals surface area contributed by atoms with Gasteiger partial charge in [-0.05, 0) is 60.9 Å². The van der Waals surface area contributed by atoms with E-state index < -0.39 is 0 Å². The number of anilines is 1. The number of aryl methyl sites for hydroxylation is 2. The van der Waals surface area contributed by atoms with Crippen LogP contribution in [-0.2, 0) is 12.8 Å². The summed E-state index contributed by atoms with van der Waals surface area (Å²) in [4.78, 5) is 2.53. The molecule has 0 fully saturated rings. The van der Waals surface area contributed by atoms with Gasteiger partial charge < -0.3 is 4.90 Å². The first-order valence-electron chi connectivity index (χ1n) is 9.10. The van der Waals surface area contributed by atoms with E-state index in [1.54, 1.807) is 0 Å². The Labute approximate surface area is 142 Å². The molecule has 0 aromatic heterocycles. The number of rotatable bonds is 8. The molecule has 0 aliphatic rings. The molecule has 0 heterocycles. The Morgan fingerprint density at radius 2 is 1.48 bits per heavy atom. The van der Waals surface area contributed by atoms with Gasteiger partial charge in [0, 0.05) is 18.8 Å². The summed E-state index contributed by atoms with van der Waals surface area (Å²) in [5.74, 6) is 0. The second kappa shape index (κ2) is 8.76. The van der Waals surface area contributed by atoms with Crippen molar-refractivity contribution < 1.29 is 0 Å². The smallest absolute Gasteiger partial charge is 0.0396 e. The first-order valence-corrected chi connectivity index (χ1v) is 9.10. The summed E-state index contributed by atoms with van der Waals surface area (Å²) >= 11 is 0. The molecule has 1 nitrogen and oxygen atoms in total. The second-order valence-corrected chi connectivity index (χ2v) is 6.41. The molecular weight excluding hydrogens is 278 g/mol. The van der Waals surface area contributed by atoms with Gasteiger partial charge in [-0.15, -0.1) is 0 Å². The van der Waals surface area contributed by atoms with Gasteiger partial charge >= 0.3 is 0 Å². The normalized spacial score (nSPS) is 10.8. The van der Waals surface area contributed by atoms with Crippen LogP contribution in [0.5, 0.6) is 0 Å². The molecule has 0 radical (unpaired) electrons. The molecule has 0 amide bonds. The van der Waals surface area contributed by atoms with E-state index in [0.29, 0.717) is 0 Å². The molecule has 0 aliphatic carbocycles. The molecule has 124 valence electrons. The van der Waals surface area contributed by atoms with Crippen LogP contribution in [-0.4, -0.2) is 13.1 Å². The van der Waals surface area contributed by atoms with E-state index in [1.807, 2.05) is 0 Å². The van der Waals surface area contributed by atoms with Gasteiger partial charge in [-0.25, -0.2) is 0 Å². The highest BCUT2D eigenvalue weighted by Gasteiger charge is 2.09. The van der Waals surface area contributed by atoms with Crippen molar-refractivity contribution in [2.24, 2.45) is 0 Å². The summed E-state index contributed by atoms with van der Waals surface area (Å²) in [6.07, 6.45) is 4.54. The summed E-state index contributed by atoms with van der Waals surface area (Å²) in [5.41, 5.74) is 7.15. The third kappa shape index (κ3) is 4.60. The van der Waals surface area contributed by atoms with Crippen LogP contribution in [0.25, 0.3) is 0 Å². The number of nitrogens with zero attached hydrogens (tertiary/aromatic N) is 1. The average molecular weight is 309 g/mol. The lowest BCUT2D eigenvalue weighted by Crippen LogP contribution is -2.25. The Kier molecular flexibility index (Phi) is 6.70. The number of hydrogen-bond donors (Lipinski definition) is 0. The molecule has 2 aromatic rings. The monoisotopic (exact) mass is 309 g/mol. The molecule has 0 bridgehead atoms. The standard InChI is InChI=1S/C22H31N/c1-5-14-23(15-6-2)22-13-12-19(16-18(22)4)17-21-11-9-8-10-20(21)7-3/h8-13,16H,5-7,14-15,17H2,1-4H3. The van der Waals surface area contributed by atoms with E-state index >= 15 is 0 Å². The van der Waals surface area contributed by atoms with E-state index in [-0.39, 0.29) is 0 Å². The third-order valence-corrected chi connectivity index (χ3v) is 4.48. The van der Waals surface area contributed by atoms with Crippen molar-refractivity contribution in [1.82, 2.24) is 0 Å². The fourth-order valence-corrected chi connectivity index (χ4v) is 3.37. The zero-order valence-corrected chi connectivity index (χ0v) is 15.2. The van der Waals surface area contributed by atoms with Crippen LogP contribution >= 0.6 is 0 Å². The second-order valence-electron chi connectivity index (χ2n) is 6.41. The predicted octanol–water partition coefficient (Wildman–Crippen LogP) is 5.77. The van der Waals surface area contributed by atoms with Crippen molar-refractivity contribution in [3.8, 4) is 0 Å². The van der Waals surface area contributed by atoms with Crippen molar-refractivity contribution in [3.63, 3.8) is 0 Å². The molecule has 23 heavy (non-hydrogen) atoms. The maximum Gasteiger partial charge on any atom is 0.0396 e. The van der Waals surface area contributed by atoms with E-state index in [9.17, 15) is 0 Å². The van der Waals surface area contributed by atoms with Crippen molar-refractivity contribution in [2.75, 3.05) is 18.0 Å². The van der Waals surface area contributed by atoms with Crippen LogP contribution in [0.2, 0.25) is 0 Å². The zero-order valence-electron chi connectivity index (χ0n) is 15.2. The molecule has 0 unspecified atom stereocenters. The Morgan fingerprint density at radius 1 is 0.826 bits per heavy atom. The summed E-state index contributed by atoms with van der Waals surface area (Å²) in [5, 5.41) is 0. The summed E-state index contributed by atoms with van der Waals surface area (Å²) in [6.45, 7) is 11.3. The first-order chi connectivity index (χ1) is 11.2. The fraction of sp³-hybridized carbons (Fsp3) is 0.455.